The van der Waals surface area contributed by atoms with E-state index >= 15 is 0 Å². The molecule has 3 heteroatoms. The lowest BCUT2D eigenvalue weighted by Crippen LogP contribution is -2.56. The standard InChI is InChI=1S/C12H20N2O/c1-10-4-5-11(15-10)8-14(2)12(9-13)6-3-7-12/h4-5H,3,6-9,13H2,1-2H3. The zero-order chi connectivity index (χ0) is 10.9. The van der Waals surface area contributed by atoms with E-state index in [1.165, 1.54) is 19.3 Å². The van der Waals surface area contributed by atoms with Crippen LogP contribution >= 0.6 is 0 Å². The number of rotatable bonds is 4. The van der Waals surface area contributed by atoms with Gasteiger partial charge in [0.15, 0.2) is 0 Å². The molecule has 0 unspecified atom stereocenters. The van der Waals surface area contributed by atoms with Crippen molar-refractivity contribution in [1.82, 2.24) is 4.90 Å². The first-order valence-corrected chi connectivity index (χ1v) is 5.63. The Balaban J connectivity index is 1.99. The molecule has 1 aliphatic rings. The average molecular weight is 208 g/mol. The molecule has 2 rings (SSSR count). The fraction of sp³-hybridized carbons (Fsp3) is 0.667. The largest absolute Gasteiger partial charge is 0.465 e. The van der Waals surface area contributed by atoms with Crippen LogP contribution in [0.2, 0.25) is 0 Å². The molecule has 0 aliphatic heterocycles. The molecule has 0 amide bonds. The molecule has 1 aromatic heterocycles. The Kier molecular flexibility index (Phi) is 2.85. The predicted octanol–water partition coefficient (Wildman–Crippen LogP) is 1.90. The van der Waals surface area contributed by atoms with Crippen LogP contribution in [0.25, 0.3) is 0 Å². The van der Waals surface area contributed by atoms with Crippen molar-refractivity contribution in [2.24, 2.45) is 5.73 Å². The van der Waals surface area contributed by atoms with Gasteiger partial charge in [0.25, 0.3) is 0 Å². The Labute approximate surface area is 91.2 Å². The number of nitrogens with zero attached hydrogens (tertiary/aromatic N) is 1. The van der Waals surface area contributed by atoms with E-state index in [0.717, 1.165) is 24.6 Å². The fourth-order valence-electron chi connectivity index (χ4n) is 2.30. The molecule has 1 aromatic rings. The second-order valence-corrected chi connectivity index (χ2v) is 4.65. The first-order chi connectivity index (χ1) is 7.16. The monoisotopic (exact) mass is 208 g/mol. The lowest BCUT2D eigenvalue weighted by molar-refractivity contribution is 0.0347. The smallest absolute Gasteiger partial charge is 0.118 e. The Morgan fingerprint density at radius 1 is 1.47 bits per heavy atom. The Morgan fingerprint density at radius 3 is 2.60 bits per heavy atom. The Morgan fingerprint density at radius 2 is 2.20 bits per heavy atom. The van der Waals surface area contributed by atoms with E-state index in [1.807, 2.05) is 13.0 Å². The van der Waals surface area contributed by atoms with Gasteiger partial charge in [-0.2, -0.15) is 0 Å². The summed E-state index contributed by atoms with van der Waals surface area (Å²) in [6.07, 6.45) is 3.75. The lowest BCUT2D eigenvalue weighted by atomic mass is 9.75. The van der Waals surface area contributed by atoms with Gasteiger partial charge in [-0.3, -0.25) is 4.90 Å². The highest BCUT2D eigenvalue weighted by molar-refractivity contribution is 5.07. The maximum atomic E-state index is 5.86. The van der Waals surface area contributed by atoms with Gasteiger partial charge in [-0.15, -0.1) is 0 Å². The van der Waals surface area contributed by atoms with Gasteiger partial charge in [-0.05, 0) is 45.4 Å². The summed E-state index contributed by atoms with van der Waals surface area (Å²) < 4.78 is 5.58. The van der Waals surface area contributed by atoms with Crippen molar-refractivity contribution in [3.8, 4) is 0 Å². The van der Waals surface area contributed by atoms with Crippen molar-refractivity contribution in [2.75, 3.05) is 13.6 Å². The van der Waals surface area contributed by atoms with E-state index in [9.17, 15) is 0 Å². The summed E-state index contributed by atoms with van der Waals surface area (Å²) in [6, 6.07) is 4.06. The molecule has 0 radical (unpaired) electrons. The number of furan rings is 1. The SMILES string of the molecule is Cc1ccc(CN(C)C2(CN)CCC2)o1. The summed E-state index contributed by atoms with van der Waals surface area (Å²) in [5.74, 6) is 2.02. The number of hydrogen-bond acceptors (Lipinski definition) is 3. The lowest BCUT2D eigenvalue weighted by Gasteiger charge is -2.48. The highest BCUT2D eigenvalue weighted by Crippen LogP contribution is 2.36. The molecule has 3 nitrogen and oxygen atoms in total. The Bertz CT molecular complexity index is 323. The highest BCUT2D eigenvalue weighted by atomic mass is 16.3. The van der Waals surface area contributed by atoms with Gasteiger partial charge in [0, 0.05) is 12.1 Å². The van der Waals surface area contributed by atoms with Crippen molar-refractivity contribution >= 4 is 0 Å². The zero-order valence-electron chi connectivity index (χ0n) is 9.62. The molecule has 1 saturated carbocycles. The molecular weight excluding hydrogens is 188 g/mol. The van der Waals surface area contributed by atoms with Crippen LogP contribution in [-0.4, -0.2) is 24.0 Å². The molecule has 1 aliphatic carbocycles. The van der Waals surface area contributed by atoms with Gasteiger partial charge in [0.2, 0.25) is 0 Å². The quantitative estimate of drug-likeness (QED) is 0.821. The molecular formula is C12H20N2O. The van der Waals surface area contributed by atoms with E-state index < -0.39 is 0 Å². The van der Waals surface area contributed by atoms with E-state index in [4.69, 9.17) is 10.2 Å². The molecule has 0 spiro atoms. The number of likely N-dealkylation sites (N-methyl/N-ethyl adjacent to an activating group) is 1. The highest BCUT2D eigenvalue weighted by Gasteiger charge is 2.39. The van der Waals surface area contributed by atoms with Crippen molar-refractivity contribution < 1.29 is 4.42 Å². The fourth-order valence-corrected chi connectivity index (χ4v) is 2.30. The normalized spacial score (nSPS) is 19.2. The summed E-state index contributed by atoms with van der Waals surface area (Å²) in [5.41, 5.74) is 6.09. The second-order valence-electron chi connectivity index (χ2n) is 4.65. The van der Waals surface area contributed by atoms with Crippen LogP contribution in [0.5, 0.6) is 0 Å². The maximum Gasteiger partial charge on any atom is 0.118 e. The van der Waals surface area contributed by atoms with E-state index in [-0.39, 0.29) is 5.54 Å². The van der Waals surface area contributed by atoms with Crippen LogP contribution in [0.4, 0.5) is 0 Å². The molecule has 0 saturated heterocycles. The first-order valence-electron chi connectivity index (χ1n) is 5.63. The van der Waals surface area contributed by atoms with Crippen molar-refractivity contribution in [2.45, 2.75) is 38.3 Å². The van der Waals surface area contributed by atoms with Crippen molar-refractivity contribution in [3.63, 3.8) is 0 Å². The van der Waals surface area contributed by atoms with E-state index in [1.54, 1.807) is 0 Å². The van der Waals surface area contributed by atoms with Gasteiger partial charge in [-0.1, -0.05) is 0 Å². The molecule has 0 bridgehead atoms. The molecule has 15 heavy (non-hydrogen) atoms. The topological polar surface area (TPSA) is 42.4 Å². The molecule has 0 aromatic carbocycles. The molecule has 1 heterocycles. The van der Waals surface area contributed by atoms with Crippen LogP contribution < -0.4 is 5.73 Å². The molecule has 0 atom stereocenters. The third-order valence-corrected chi connectivity index (χ3v) is 3.66. The summed E-state index contributed by atoms with van der Waals surface area (Å²) in [7, 11) is 2.14. The van der Waals surface area contributed by atoms with Crippen LogP contribution in [0.15, 0.2) is 16.5 Å². The molecule has 2 N–H and O–H groups in total. The van der Waals surface area contributed by atoms with Crippen molar-refractivity contribution in [1.29, 1.82) is 0 Å². The van der Waals surface area contributed by atoms with Crippen LogP contribution in [-0.2, 0) is 6.54 Å². The van der Waals surface area contributed by atoms with Crippen LogP contribution in [0.1, 0.15) is 30.8 Å². The third-order valence-electron chi connectivity index (χ3n) is 3.66. The van der Waals surface area contributed by atoms with E-state index in [0.29, 0.717) is 0 Å². The summed E-state index contributed by atoms with van der Waals surface area (Å²) >= 11 is 0. The summed E-state index contributed by atoms with van der Waals surface area (Å²) in [5, 5.41) is 0. The van der Waals surface area contributed by atoms with Gasteiger partial charge >= 0.3 is 0 Å². The van der Waals surface area contributed by atoms with Crippen LogP contribution in [0, 0.1) is 6.92 Å². The van der Waals surface area contributed by atoms with Gasteiger partial charge in [0.05, 0.1) is 6.54 Å². The molecule has 1 fully saturated rings. The summed E-state index contributed by atoms with van der Waals surface area (Å²) in [4.78, 5) is 2.34. The Hall–Kier alpha value is -0.800. The average Bonchev–Trinajstić information content (AvgIpc) is 2.50. The van der Waals surface area contributed by atoms with Crippen LogP contribution in [0.3, 0.4) is 0 Å². The minimum Gasteiger partial charge on any atom is -0.465 e. The predicted molar refractivity (Wildman–Crippen MR) is 60.5 cm³/mol. The first kappa shape index (κ1) is 10.7. The number of aryl methyl sites for hydroxylation is 1. The minimum absolute atomic E-state index is 0.237. The molecule has 84 valence electrons. The zero-order valence-corrected chi connectivity index (χ0v) is 9.62. The second kappa shape index (κ2) is 3.99. The summed E-state index contributed by atoms with van der Waals surface area (Å²) in [6.45, 7) is 3.60. The maximum absolute atomic E-state index is 5.86. The number of nitrogens with two attached hydrogens (primary N) is 1. The van der Waals surface area contributed by atoms with E-state index in [2.05, 4.69) is 18.0 Å². The third kappa shape index (κ3) is 1.94. The van der Waals surface area contributed by atoms with Gasteiger partial charge in [-0.25, -0.2) is 0 Å². The van der Waals surface area contributed by atoms with Gasteiger partial charge in [0.1, 0.15) is 11.5 Å². The number of hydrogen-bond donors (Lipinski definition) is 1. The van der Waals surface area contributed by atoms with Gasteiger partial charge < -0.3 is 10.2 Å². The van der Waals surface area contributed by atoms with Crippen molar-refractivity contribution in [3.05, 3.63) is 23.7 Å². The minimum atomic E-state index is 0.237.